The number of pyridine rings is 1. The average molecular weight is 509 g/mol. The average Bonchev–Trinajstić information content (AvgIpc) is 3.26. The van der Waals surface area contributed by atoms with Gasteiger partial charge in [-0.3, -0.25) is 4.79 Å². The van der Waals surface area contributed by atoms with Crippen molar-refractivity contribution in [2.24, 2.45) is 0 Å². The molecule has 1 aromatic carbocycles. The van der Waals surface area contributed by atoms with Crippen LogP contribution in [0.5, 0.6) is 11.6 Å². The number of carboxylic acid groups (broad SMARTS) is 1. The van der Waals surface area contributed by atoms with Crippen molar-refractivity contribution in [1.29, 1.82) is 0 Å². The van der Waals surface area contributed by atoms with Gasteiger partial charge in [0.05, 0.1) is 0 Å². The number of halogens is 3. The lowest BCUT2D eigenvalue weighted by atomic mass is 10.1. The van der Waals surface area contributed by atoms with Crippen LogP contribution in [0.25, 0.3) is 0 Å². The Kier molecular flexibility index (Phi) is 7.75. The van der Waals surface area contributed by atoms with Crippen LogP contribution in [0.15, 0.2) is 36.4 Å². The minimum atomic E-state index is -4.78. The topological polar surface area (TPSA) is 118 Å². The lowest BCUT2D eigenvalue weighted by Gasteiger charge is -2.21. The molecular formula is C24H26F3N3O6. The van der Waals surface area contributed by atoms with E-state index in [1.807, 2.05) is 0 Å². The van der Waals surface area contributed by atoms with Gasteiger partial charge in [0.1, 0.15) is 23.1 Å². The number of ether oxygens (including phenoxy) is 2. The molecule has 0 radical (unpaired) electrons. The molecule has 36 heavy (non-hydrogen) atoms. The quantitative estimate of drug-likeness (QED) is 0.584. The summed E-state index contributed by atoms with van der Waals surface area (Å²) in [6.45, 7) is 4.95. The molecular weight excluding hydrogens is 483 g/mol. The number of nitrogens with one attached hydrogen (secondary N) is 1. The van der Waals surface area contributed by atoms with Gasteiger partial charge in [0.2, 0.25) is 5.88 Å². The van der Waals surface area contributed by atoms with Crippen LogP contribution in [0.3, 0.4) is 0 Å². The Morgan fingerprint density at radius 2 is 1.89 bits per heavy atom. The number of carbonyl (C=O) groups is 3. The first-order valence-electron chi connectivity index (χ1n) is 11.1. The molecule has 2 amide bonds. The molecule has 12 heteroatoms. The maximum atomic E-state index is 13.4. The van der Waals surface area contributed by atoms with Crippen molar-refractivity contribution >= 4 is 18.0 Å². The van der Waals surface area contributed by atoms with E-state index < -0.39 is 47.4 Å². The molecule has 1 aliphatic rings. The minimum Gasteiger partial charge on any atom is -0.480 e. The molecule has 2 aromatic rings. The van der Waals surface area contributed by atoms with Crippen molar-refractivity contribution in [3.63, 3.8) is 0 Å². The Hall–Kier alpha value is -3.83. The first-order chi connectivity index (χ1) is 16.7. The maximum Gasteiger partial charge on any atom is 0.433 e. The molecule has 3 rings (SSSR count). The van der Waals surface area contributed by atoms with Gasteiger partial charge in [-0.25, -0.2) is 14.6 Å². The lowest BCUT2D eigenvalue weighted by molar-refractivity contribution is -0.142. The van der Waals surface area contributed by atoms with Gasteiger partial charge in [-0.05, 0) is 63.4 Å². The number of rotatable bonds is 6. The second-order valence-corrected chi connectivity index (χ2v) is 9.18. The SMILES string of the molecule is CC(C)(C)OC(=O)NCc1cc(Oc2cccc(C(=O)N3CCCC3C(=O)O)c2)nc(C(F)(F)F)c1. The van der Waals surface area contributed by atoms with Gasteiger partial charge in [-0.15, -0.1) is 0 Å². The van der Waals surface area contributed by atoms with Crippen LogP contribution >= 0.6 is 0 Å². The fourth-order valence-electron chi connectivity index (χ4n) is 3.59. The van der Waals surface area contributed by atoms with Crippen molar-refractivity contribution < 1.29 is 42.1 Å². The second-order valence-electron chi connectivity index (χ2n) is 9.18. The summed E-state index contributed by atoms with van der Waals surface area (Å²) >= 11 is 0. The molecule has 0 bridgehead atoms. The first kappa shape index (κ1) is 26.8. The van der Waals surface area contributed by atoms with E-state index in [1.165, 1.54) is 35.2 Å². The van der Waals surface area contributed by atoms with E-state index >= 15 is 0 Å². The highest BCUT2D eigenvalue weighted by molar-refractivity contribution is 5.97. The number of alkyl carbamates (subject to hydrolysis) is 1. The number of benzene rings is 1. The molecule has 1 unspecified atom stereocenters. The van der Waals surface area contributed by atoms with Gasteiger partial charge in [-0.2, -0.15) is 13.2 Å². The molecule has 0 aliphatic carbocycles. The molecule has 1 aromatic heterocycles. The number of likely N-dealkylation sites (tertiary alicyclic amines) is 1. The van der Waals surface area contributed by atoms with Crippen LogP contribution in [-0.2, 0) is 22.3 Å². The number of carboxylic acids is 1. The van der Waals surface area contributed by atoms with Gasteiger partial charge < -0.3 is 24.8 Å². The molecule has 1 atom stereocenters. The van der Waals surface area contributed by atoms with E-state index in [-0.39, 0.29) is 30.0 Å². The van der Waals surface area contributed by atoms with Gasteiger partial charge in [0, 0.05) is 24.7 Å². The van der Waals surface area contributed by atoms with Gasteiger partial charge in [0.25, 0.3) is 5.91 Å². The van der Waals surface area contributed by atoms with Gasteiger partial charge in [0.15, 0.2) is 0 Å². The highest BCUT2D eigenvalue weighted by Crippen LogP contribution is 2.32. The number of carbonyl (C=O) groups excluding carboxylic acids is 2. The summed E-state index contributed by atoms with van der Waals surface area (Å²) in [7, 11) is 0. The zero-order valence-electron chi connectivity index (χ0n) is 19.9. The van der Waals surface area contributed by atoms with Crippen LogP contribution in [0.1, 0.15) is 55.2 Å². The van der Waals surface area contributed by atoms with E-state index in [2.05, 4.69) is 10.3 Å². The predicted molar refractivity (Wildman–Crippen MR) is 121 cm³/mol. The van der Waals surface area contributed by atoms with E-state index in [0.29, 0.717) is 12.8 Å². The van der Waals surface area contributed by atoms with E-state index in [0.717, 1.165) is 6.07 Å². The number of amides is 2. The van der Waals surface area contributed by atoms with Gasteiger partial charge in [-0.1, -0.05) is 6.07 Å². The number of hydrogen-bond acceptors (Lipinski definition) is 6. The fourth-order valence-corrected chi connectivity index (χ4v) is 3.59. The lowest BCUT2D eigenvalue weighted by Crippen LogP contribution is -2.40. The molecule has 1 fully saturated rings. The van der Waals surface area contributed by atoms with E-state index in [4.69, 9.17) is 9.47 Å². The smallest absolute Gasteiger partial charge is 0.433 e. The molecule has 2 N–H and O–H groups in total. The second kappa shape index (κ2) is 10.4. The summed E-state index contributed by atoms with van der Waals surface area (Å²) in [4.78, 5) is 40.9. The van der Waals surface area contributed by atoms with Crippen LogP contribution in [-0.4, -0.2) is 51.1 Å². The van der Waals surface area contributed by atoms with Crippen LogP contribution in [0.2, 0.25) is 0 Å². The third-order valence-electron chi connectivity index (χ3n) is 5.09. The molecule has 2 heterocycles. The van der Waals surface area contributed by atoms with Crippen molar-refractivity contribution in [2.75, 3.05) is 6.54 Å². The van der Waals surface area contributed by atoms with Gasteiger partial charge >= 0.3 is 18.2 Å². The predicted octanol–water partition coefficient (Wildman–Crippen LogP) is 4.61. The van der Waals surface area contributed by atoms with Crippen molar-refractivity contribution in [3.8, 4) is 11.6 Å². The molecule has 0 saturated carbocycles. The summed E-state index contributed by atoms with van der Waals surface area (Å²) in [6.07, 6.45) is -4.69. The summed E-state index contributed by atoms with van der Waals surface area (Å²) in [5, 5.41) is 11.7. The first-order valence-corrected chi connectivity index (χ1v) is 11.1. The monoisotopic (exact) mass is 509 g/mol. The number of hydrogen-bond donors (Lipinski definition) is 2. The molecule has 0 spiro atoms. The third kappa shape index (κ3) is 7.09. The Balaban J connectivity index is 1.81. The number of nitrogens with zero attached hydrogens (tertiary/aromatic N) is 2. The standard InChI is InChI=1S/C24H26F3N3O6/c1-23(2,3)36-22(34)28-13-14-10-18(24(25,26)27)29-19(11-14)35-16-7-4-6-15(12-16)20(31)30-9-5-8-17(30)21(32)33/h4,6-7,10-12,17H,5,8-9,13H2,1-3H3,(H,28,34)(H,32,33). The summed E-state index contributed by atoms with van der Waals surface area (Å²) in [5.74, 6) is -2.00. The highest BCUT2D eigenvalue weighted by atomic mass is 19.4. The number of alkyl halides is 3. The van der Waals surface area contributed by atoms with Crippen LogP contribution in [0.4, 0.5) is 18.0 Å². The Bertz CT molecular complexity index is 1150. The maximum absolute atomic E-state index is 13.4. The summed E-state index contributed by atoms with van der Waals surface area (Å²) in [6, 6.07) is 6.73. The molecule has 1 saturated heterocycles. The van der Waals surface area contributed by atoms with Crippen LogP contribution < -0.4 is 10.1 Å². The number of aromatic nitrogens is 1. The van der Waals surface area contributed by atoms with E-state index in [9.17, 15) is 32.7 Å². The molecule has 1 aliphatic heterocycles. The van der Waals surface area contributed by atoms with Crippen LogP contribution in [0, 0.1) is 0 Å². The Morgan fingerprint density at radius 3 is 2.53 bits per heavy atom. The van der Waals surface area contributed by atoms with Crippen molar-refractivity contribution in [1.82, 2.24) is 15.2 Å². The zero-order chi connectivity index (χ0) is 26.7. The van der Waals surface area contributed by atoms with Crippen molar-refractivity contribution in [2.45, 2.75) is 58.0 Å². The zero-order valence-corrected chi connectivity index (χ0v) is 19.9. The molecule has 194 valence electrons. The minimum absolute atomic E-state index is 0.0322. The number of aliphatic carboxylic acids is 1. The third-order valence-corrected chi connectivity index (χ3v) is 5.09. The molecule has 9 nitrogen and oxygen atoms in total. The fraction of sp³-hybridized carbons (Fsp3) is 0.417. The normalized spacial score (nSPS) is 15.9. The Morgan fingerprint density at radius 1 is 1.17 bits per heavy atom. The van der Waals surface area contributed by atoms with Crippen molar-refractivity contribution in [3.05, 3.63) is 53.2 Å². The highest BCUT2D eigenvalue weighted by Gasteiger charge is 2.35. The Labute approximate surface area is 205 Å². The summed E-state index contributed by atoms with van der Waals surface area (Å²) in [5.41, 5.74) is -1.82. The largest absolute Gasteiger partial charge is 0.480 e. The summed E-state index contributed by atoms with van der Waals surface area (Å²) < 4.78 is 50.9. The van der Waals surface area contributed by atoms with E-state index in [1.54, 1.807) is 20.8 Å².